The highest BCUT2D eigenvalue weighted by Crippen LogP contribution is 2.05. The number of amides is 1. The Labute approximate surface area is 103 Å². The number of carbonyl (C=O) groups excluding carboxylic acids is 1. The van der Waals surface area contributed by atoms with Crippen LogP contribution in [0.3, 0.4) is 0 Å². The first kappa shape index (κ1) is 13.7. The first-order valence-electron chi connectivity index (χ1n) is 6.09. The fraction of sp³-hybridized carbons (Fsp3) is 0.462. The summed E-state index contributed by atoms with van der Waals surface area (Å²) in [5.74, 6) is 5.72. The summed E-state index contributed by atoms with van der Waals surface area (Å²) >= 11 is 0. The lowest BCUT2D eigenvalue weighted by Crippen LogP contribution is -2.51. The molecule has 1 rings (SSSR count). The summed E-state index contributed by atoms with van der Waals surface area (Å²) < 4.78 is 0. The van der Waals surface area contributed by atoms with Gasteiger partial charge >= 0.3 is 0 Å². The zero-order valence-corrected chi connectivity index (χ0v) is 10.6. The van der Waals surface area contributed by atoms with E-state index in [1.54, 1.807) is 12.1 Å². The molecule has 0 fully saturated rings. The fourth-order valence-electron chi connectivity index (χ4n) is 1.68. The van der Waals surface area contributed by atoms with E-state index in [1.165, 1.54) is 5.12 Å². The highest BCUT2D eigenvalue weighted by Gasteiger charge is 2.17. The lowest BCUT2D eigenvalue weighted by Gasteiger charge is -2.30. The van der Waals surface area contributed by atoms with Crippen LogP contribution in [0.25, 0.3) is 0 Å². The number of rotatable bonds is 6. The average molecular weight is 235 g/mol. The van der Waals surface area contributed by atoms with Gasteiger partial charge in [-0.05, 0) is 25.0 Å². The third-order valence-corrected chi connectivity index (χ3v) is 2.50. The van der Waals surface area contributed by atoms with E-state index in [0.29, 0.717) is 5.56 Å². The van der Waals surface area contributed by atoms with Crippen LogP contribution in [0.5, 0.6) is 0 Å². The predicted molar refractivity (Wildman–Crippen MR) is 69.0 cm³/mol. The predicted octanol–water partition coefficient (Wildman–Crippen LogP) is 2.04. The Morgan fingerprint density at radius 3 is 2.12 bits per heavy atom. The molecule has 0 spiro atoms. The van der Waals surface area contributed by atoms with Crippen LogP contribution < -0.4 is 5.84 Å². The molecule has 1 amide bonds. The normalized spacial score (nSPS) is 10.6. The number of hydrazine groups is 2. The molecule has 0 saturated carbocycles. The first-order chi connectivity index (χ1) is 8.20. The lowest BCUT2D eigenvalue weighted by molar-refractivity contribution is -0.0116. The van der Waals surface area contributed by atoms with Crippen LogP contribution in [0, 0.1) is 0 Å². The number of nitrogens with two attached hydrogens (primary N) is 1. The van der Waals surface area contributed by atoms with E-state index >= 15 is 0 Å². The van der Waals surface area contributed by atoms with E-state index in [1.807, 2.05) is 23.2 Å². The third kappa shape index (κ3) is 3.84. The van der Waals surface area contributed by atoms with Crippen LogP contribution >= 0.6 is 0 Å². The monoisotopic (exact) mass is 235 g/mol. The summed E-state index contributed by atoms with van der Waals surface area (Å²) in [7, 11) is 0. The van der Waals surface area contributed by atoms with Crippen molar-refractivity contribution in [2.24, 2.45) is 5.84 Å². The number of benzene rings is 1. The van der Waals surface area contributed by atoms with Gasteiger partial charge < -0.3 is 0 Å². The van der Waals surface area contributed by atoms with Gasteiger partial charge in [-0.25, -0.2) is 16.0 Å². The maximum atomic E-state index is 12.1. The van der Waals surface area contributed by atoms with Crippen molar-refractivity contribution in [3.63, 3.8) is 0 Å². The minimum absolute atomic E-state index is 0.160. The van der Waals surface area contributed by atoms with E-state index in [4.69, 9.17) is 5.84 Å². The van der Waals surface area contributed by atoms with Gasteiger partial charge in [0.15, 0.2) is 0 Å². The second kappa shape index (κ2) is 7.04. The Balaban J connectivity index is 2.73. The number of carbonyl (C=O) groups is 1. The molecule has 94 valence electrons. The van der Waals surface area contributed by atoms with Gasteiger partial charge in [0, 0.05) is 18.7 Å². The number of hydrogen-bond donors (Lipinski definition) is 1. The van der Waals surface area contributed by atoms with Crippen molar-refractivity contribution in [2.45, 2.75) is 26.7 Å². The standard InChI is InChI=1S/C13H21N3O/c1-3-10-15(11-4-2)16(14)13(17)12-8-6-5-7-9-12/h5-9H,3-4,10-11,14H2,1-2H3. The van der Waals surface area contributed by atoms with Gasteiger partial charge in [0.2, 0.25) is 0 Å². The summed E-state index contributed by atoms with van der Waals surface area (Å²) in [4.78, 5) is 12.1. The lowest BCUT2D eigenvalue weighted by atomic mass is 10.2. The average Bonchev–Trinajstić information content (AvgIpc) is 2.38. The van der Waals surface area contributed by atoms with Gasteiger partial charge in [-0.1, -0.05) is 32.0 Å². The molecule has 17 heavy (non-hydrogen) atoms. The SMILES string of the molecule is CCCN(CCC)N(N)C(=O)c1ccccc1. The van der Waals surface area contributed by atoms with Gasteiger partial charge in [0.05, 0.1) is 0 Å². The molecule has 0 aliphatic heterocycles. The molecule has 0 aliphatic rings. The maximum Gasteiger partial charge on any atom is 0.282 e. The molecule has 0 saturated heterocycles. The first-order valence-corrected chi connectivity index (χ1v) is 6.09. The van der Waals surface area contributed by atoms with Crippen LogP contribution in [0.1, 0.15) is 37.0 Å². The van der Waals surface area contributed by atoms with Crippen molar-refractivity contribution >= 4 is 5.91 Å². The smallest absolute Gasteiger partial charge is 0.266 e. The molecular formula is C13H21N3O. The summed E-state index contributed by atoms with van der Waals surface area (Å²) in [5.41, 5.74) is 0.618. The molecule has 4 nitrogen and oxygen atoms in total. The number of hydrogen-bond acceptors (Lipinski definition) is 3. The molecule has 0 aliphatic carbocycles. The van der Waals surface area contributed by atoms with Gasteiger partial charge in [0.1, 0.15) is 0 Å². The highest BCUT2D eigenvalue weighted by atomic mass is 16.2. The van der Waals surface area contributed by atoms with Crippen molar-refractivity contribution in [1.82, 2.24) is 10.1 Å². The van der Waals surface area contributed by atoms with Crippen LogP contribution in [-0.4, -0.2) is 29.1 Å². The molecule has 0 aromatic heterocycles. The Kier molecular flexibility index (Phi) is 5.66. The molecule has 0 atom stereocenters. The van der Waals surface area contributed by atoms with E-state index in [2.05, 4.69) is 13.8 Å². The minimum Gasteiger partial charge on any atom is -0.266 e. The molecule has 1 aromatic rings. The largest absolute Gasteiger partial charge is 0.282 e. The van der Waals surface area contributed by atoms with E-state index in [-0.39, 0.29) is 5.91 Å². The van der Waals surface area contributed by atoms with Crippen molar-refractivity contribution in [1.29, 1.82) is 0 Å². The molecule has 4 heteroatoms. The molecular weight excluding hydrogens is 214 g/mol. The topological polar surface area (TPSA) is 49.6 Å². The van der Waals surface area contributed by atoms with Crippen LogP contribution in [0.4, 0.5) is 0 Å². The van der Waals surface area contributed by atoms with Gasteiger partial charge in [-0.2, -0.15) is 0 Å². The quantitative estimate of drug-likeness (QED) is 0.466. The second-order valence-electron chi connectivity index (χ2n) is 3.97. The zero-order chi connectivity index (χ0) is 12.7. The number of nitrogens with zero attached hydrogens (tertiary/aromatic N) is 2. The molecule has 0 heterocycles. The zero-order valence-electron chi connectivity index (χ0n) is 10.6. The van der Waals surface area contributed by atoms with Crippen LogP contribution in [0.15, 0.2) is 30.3 Å². The van der Waals surface area contributed by atoms with E-state index in [0.717, 1.165) is 25.9 Å². The highest BCUT2D eigenvalue weighted by molar-refractivity contribution is 5.93. The molecule has 1 aromatic carbocycles. The summed E-state index contributed by atoms with van der Waals surface area (Å²) in [5, 5.41) is 3.12. The van der Waals surface area contributed by atoms with Gasteiger partial charge in [-0.3, -0.25) is 4.79 Å². The summed E-state index contributed by atoms with van der Waals surface area (Å²) in [6.45, 7) is 5.73. The Morgan fingerprint density at radius 1 is 1.12 bits per heavy atom. The van der Waals surface area contributed by atoms with E-state index < -0.39 is 0 Å². The summed E-state index contributed by atoms with van der Waals surface area (Å²) in [6.07, 6.45) is 1.94. The summed E-state index contributed by atoms with van der Waals surface area (Å²) in [6, 6.07) is 9.11. The van der Waals surface area contributed by atoms with Crippen LogP contribution in [-0.2, 0) is 0 Å². The van der Waals surface area contributed by atoms with Crippen molar-refractivity contribution < 1.29 is 4.79 Å². The minimum atomic E-state index is -0.160. The fourth-order valence-corrected chi connectivity index (χ4v) is 1.68. The van der Waals surface area contributed by atoms with Crippen molar-refractivity contribution in [3.8, 4) is 0 Å². The Hall–Kier alpha value is -1.39. The Bertz CT molecular complexity index is 334. The van der Waals surface area contributed by atoms with Gasteiger partial charge in [0.25, 0.3) is 5.91 Å². The second-order valence-corrected chi connectivity index (χ2v) is 3.97. The maximum absolute atomic E-state index is 12.1. The van der Waals surface area contributed by atoms with Crippen molar-refractivity contribution in [3.05, 3.63) is 35.9 Å². The molecule has 0 bridgehead atoms. The Morgan fingerprint density at radius 2 is 1.65 bits per heavy atom. The molecule has 2 N–H and O–H groups in total. The third-order valence-electron chi connectivity index (χ3n) is 2.50. The molecule has 0 radical (unpaired) electrons. The van der Waals surface area contributed by atoms with Crippen LogP contribution in [0.2, 0.25) is 0 Å². The van der Waals surface area contributed by atoms with Crippen molar-refractivity contribution in [2.75, 3.05) is 13.1 Å². The van der Waals surface area contributed by atoms with E-state index in [9.17, 15) is 4.79 Å². The van der Waals surface area contributed by atoms with Gasteiger partial charge in [-0.15, -0.1) is 0 Å². The molecule has 0 unspecified atom stereocenters.